The number of nitrogens with zero attached hydrogens (tertiary/aromatic N) is 2. The lowest BCUT2D eigenvalue weighted by Crippen LogP contribution is -2.63. The van der Waals surface area contributed by atoms with Crippen LogP contribution in [0.4, 0.5) is 4.79 Å². The molecule has 0 aromatic rings. The van der Waals surface area contributed by atoms with Crippen molar-refractivity contribution in [3.8, 4) is 0 Å². The van der Waals surface area contributed by atoms with Crippen LogP contribution in [0.5, 0.6) is 0 Å². The quantitative estimate of drug-likeness (QED) is 0.142. The van der Waals surface area contributed by atoms with Gasteiger partial charge in [0.1, 0.15) is 30.2 Å². The van der Waals surface area contributed by atoms with E-state index in [2.05, 4.69) is 21.3 Å². The molecule has 0 bridgehead atoms. The Labute approximate surface area is 346 Å². The smallest absolute Gasteiger partial charge is 0.326 e. The standard InChI is InChI=1S/C44H74N6O8/c1-29(2)28-34(43(55)56)49(3)42(54)38(33-22-14-7-15-23-33)47-40(52)36(31-18-10-5-11-19-31)45-39(51)35(30-16-8-4-9-17-30)46-41(53)37(32-20-12-6-13-21-32)48-44(57)50-24-26-58-27-25-50/h29-38H,4-28H2,1-3H3,(H,45,51)(H,46,53)(H,47,52)(H,48,57)(H,55,56)/t34-,35-,36-,37-,38-/m1/s1. The van der Waals surface area contributed by atoms with E-state index < -0.39 is 53.9 Å². The Hall–Kier alpha value is -3.42. The maximum Gasteiger partial charge on any atom is 0.326 e. The number of ether oxygens (including phenoxy) is 1. The Morgan fingerprint density at radius 1 is 0.569 bits per heavy atom. The largest absolute Gasteiger partial charge is 0.480 e. The lowest BCUT2D eigenvalue weighted by Gasteiger charge is -2.38. The Kier molecular flexibility index (Phi) is 18.0. The van der Waals surface area contributed by atoms with Crippen molar-refractivity contribution in [3.05, 3.63) is 0 Å². The topological polar surface area (TPSA) is 186 Å². The van der Waals surface area contributed by atoms with Crippen molar-refractivity contribution < 1.29 is 38.6 Å². The molecule has 328 valence electrons. The summed E-state index contributed by atoms with van der Waals surface area (Å²) in [6, 6.07) is -4.87. The molecule has 0 unspecified atom stereocenters. The van der Waals surface area contributed by atoms with Crippen LogP contribution in [0.2, 0.25) is 0 Å². The summed E-state index contributed by atoms with van der Waals surface area (Å²) < 4.78 is 5.45. The van der Waals surface area contributed by atoms with E-state index >= 15 is 0 Å². The molecule has 1 heterocycles. The first-order chi connectivity index (χ1) is 27.9. The molecule has 14 nitrogen and oxygen atoms in total. The van der Waals surface area contributed by atoms with Gasteiger partial charge in [-0.15, -0.1) is 0 Å². The fourth-order valence-corrected chi connectivity index (χ4v) is 10.4. The predicted molar refractivity (Wildman–Crippen MR) is 220 cm³/mol. The minimum atomic E-state index is -1.08. The van der Waals surface area contributed by atoms with Crippen LogP contribution in [-0.4, -0.2) is 114 Å². The number of carboxylic acid groups (broad SMARTS) is 1. The molecule has 4 aliphatic carbocycles. The van der Waals surface area contributed by atoms with Crippen LogP contribution in [0.3, 0.4) is 0 Å². The summed E-state index contributed by atoms with van der Waals surface area (Å²) in [4.78, 5) is 87.0. The van der Waals surface area contributed by atoms with E-state index in [1.165, 1.54) is 11.9 Å². The first-order valence-corrected chi connectivity index (χ1v) is 23.0. The number of likely N-dealkylation sites (N-methyl/N-ethyl adjacent to an activating group) is 1. The lowest BCUT2D eigenvalue weighted by atomic mass is 9.80. The molecule has 4 saturated carbocycles. The number of urea groups is 1. The SMILES string of the molecule is CC(C)C[C@H](C(=O)O)N(C)C(=O)[C@H](NC(=O)[C@H](NC(=O)[C@H](NC(=O)[C@H](NC(=O)N1CCOCC1)C1CCCCC1)C1CCCCC1)C1CCCCC1)C1CCCCC1. The zero-order valence-corrected chi connectivity index (χ0v) is 35.7. The molecule has 14 heteroatoms. The zero-order valence-electron chi connectivity index (χ0n) is 35.7. The summed E-state index contributed by atoms with van der Waals surface area (Å²) in [6.45, 7) is 5.63. The van der Waals surface area contributed by atoms with Crippen molar-refractivity contribution in [1.82, 2.24) is 31.1 Å². The molecule has 5 fully saturated rings. The van der Waals surface area contributed by atoms with Gasteiger partial charge >= 0.3 is 12.0 Å². The second kappa shape index (κ2) is 22.8. The van der Waals surface area contributed by atoms with Crippen LogP contribution >= 0.6 is 0 Å². The average molecular weight is 815 g/mol. The third-order valence-electron chi connectivity index (χ3n) is 13.9. The zero-order chi connectivity index (χ0) is 41.6. The number of carboxylic acids is 1. The maximum atomic E-state index is 14.7. The summed E-state index contributed by atoms with van der Waals surface area (Å²) in [5.74, 6) is -3.14. The number of carbonyl (C=O) groups excluding carboxylic acids is 5. The molecule has 0 radical (unpaired) electrons. The van der Waals surface area contributed by atoms with Gasteiger partial charge in [0.25, 0.3) is 0 Å². The first-order valence-electron chi connectivity index (χ1n) is 23.0. The highest BCUT2D eigenvalue weighted by Crippen LogP contribution is 2.32. The summed E-state index contributed by atoms with van der Waals surface area (Å²) in [5, 5.41) is 22.6. The predicted octanol–water partition coefficient (Wildman–Crippen LogP) is 5.13. The molecule has 1 aliphatic heterocycles. The molecular weight excluding hydrogens is 741 g/mol. The van der Waals surface area contributed by atoms with E-state index in [-0.39, 0.29) is 47.9 Å². The second-order valence-corrected chi connectivity index (χ2v) is 18.5. The van der Waals surface area contributed by atoms with Crippen molar-refractivity contribution in [2.24, 2.45) is 29.6 Å². The van der Waals surface area contributed by atoms with Gasteiger partial charge in [0.05, 0.1) is 13.2 Å². The van der Waals surface area contributed by atoms with Gasteiger partial charge in [-0.25, -0.2) is 9.59 Å². The minimum absolute atomic E-state index is 0.0431. The molecule has 6 amide bonds. The van der Waals surface area contributed by atoms with Crippen molar-refractivity contribution in [3.63, 3.8) is 0 Å². The molecule has 1 saturated heterocycles. The Morgan fingerprint density at radius 3 is 1.28 bits per heavy atom. The van der Waals surface area contributed by atoms with E-state index in [0.717, 1.165) is 128 Å². The van der Waals surface area contributed by atoms with Crippen LogP contribution in [-0.2, 0) is 28.7 Å². The second-order valence-electron chi connectivity index (χ2n) is 18.5. The van der Waals surface area contributed by atoms with Gasteiger partial charge in [0, 0.05) is 20.1 Å². The normalized spacial score (nSPS) is 23.1. The van der Waals surface area contributed by atoms with E-state index in [0.29, 0.717) is 26.3 Å². The molecule has 5 N–H and O–H groups in total. The third kappa shape index (κ3) is 12.8. The lowest BCUT2D eigenvalue weighted by molar-refractivity contribution is -0.152. The van der Waals surface area contributed by atoms with Gasteiger partial charge in [0.15, 0.2) is 0 Å². The Bertz CT molecular complexity index is 1370. The first kappa shape index (κ1) is 45.7. The summed E-state index contributed by atoms with van der Waals surface area (Å²) >= 11 is 0. The summed E-state index contributed by atoms with van der Waals surface area (Å²) in [6.07, 6.45) is 18.1. The van der Waals surface area contributed by atoms with Gasteiger partial charge in [-0.1, -0.05) is 90.9 Å². The molecule has 5 aliphatic rings. The molecule has 5 rings (SSSR count). The number of nitrogens with one attached hydrogen (secondary N) is 4. The number of hydrogen-bond acceptors (Lipinski definition) is 7. The van der Waals surface area contributed by atoms with Crippen molar-refractivity contribution in [2.75, 3.05) is 33.4 Å². The molecule has 58 heavy (non-hydrogen) atoms. The van der Waals surface area contributed by atoms with Gasteiger partial charge in [-0.2, -0.15) is 0 Å². The van der Waals surface area contributed by atoms with Gasteiger partial charge < -0.3 is 40.9 Å². The molecule has 5 atom stereocenters. The molecule has 0 spiro atoms. The number of morpholine rings is 1. The average Bonchev–Trinajstić information content (AvgIpc) is 3.25. The van der Waals surface area contributed by atoms with Crippen LogP contribution in [0.25, 0.3) is 0 Å². The van der Waals surface area contributed by atoms with E-state index in [1.807, 2.05) is 13.8 Å². The Morgan fingerprint density at radius 2 is 0.914 bits per heavy atom. The van der Waals surface area contributed by atoms with Crippen molar-refractivity contribution >= 4 is 35.6 Å². The maximum absolute atomic E-state index is 14.7. The van der Waals surface area contributed by atoms with Crippen LogP contribution in [0.1, 0.15) is 149 Å². The number of aliphatic carboxylic acids is 1. The highest BCUT2D eigenvalue weighted by molar-refractivity contribution is 5.96. The third-order valence-corrected chi connectivity index (χ3v) is 13.9. The fourth-order valence-electron chi connectivity index (χ4n) is 10.4. The fraction of sp³-hybridized carbons (Fsp3) is 0.864. The molecule has 0 aromatic carbocycles. The van der Waals surface area contributed by atoms with Gasteiger partial charge in [-0.3, -0.25) is 19.2 Å². The molecule has 0 aromatic heterocycles. The molecular formula is C44H74N6O8. The van der Waals surface area contributed by atoms with Gasteiger partial charge in [0.2, 0.25) is 23.6 Å². The van der Waals surface area contributed by atoms with E-state index in [1.54, 1.807) is 4.90 Å². The van der Waals surface area contributed by atoms with Crippen LogP contribution < -0.4 is 21.3 Å². The minimum Gasteiger partial charge on any atom is -0.480 e. The van der Waals surface area contributed by atoms with Crippen LogP contribution in [0, 0.1) is 29.6 Å². The van der Waals surface area contributed by atoms with Crippen molar-refractivity contribution in [1.29, 1.82) is 0 Å². The summed E-state index contributed by atoms with van der Waals surface area (Å²) in [5.41, 5.74) is 0. The number of carbonyl (C=O) groups is 6. The van der Waals surface area contributed by atoms with Crippen molar-refractivity contribution in [2.45, 2.75) is 179 Å². The summed E-state index contributed by atoms with van der Waals surface area (Å²) in [7, 11) is 1.52. The number of rotatable bonds is 16. The Balaban J connectivity index is 1.39. The van der Waals surface area contributed by atoms with E-state index in [4.69, 9.17) is 4.74 Å². The van der Waals surface area contributed by atoms with Crippen LogP contribution in [0.15, 0.2) is 0 Å². The monoisotopic (exact) mass is 815 g/mol. The highest BCUT2D eigenvalue weighted by atomic mass is 16.5. The number of amides is 6. The highest BCUT2D eigenvalue weighted by Gasteiger charge is 2.42. The van der Waals surface area contributed by atoms with Gasteiger partial charge in [-0.05, 0) is 87.4 Å². The number of hydrogen-bond donors (Lipinski definition) is 5. The van der Waals surface area contributed by atoms with E-state index in [9.17, 15) is 33.9 Å².